The van der Waals surface area contributed by atoms with Gasteiger partial charge >= 0.3 is 0 Å². The molecule has 5 rings (SSSR count). The summed E-state index contributed by atoms with van der Waals surface area (Å²) in [5, 5.41) is 0.666. The number of benzene rings is 2. The number of nitrogen functional groups attached to an aromatic ring is 1. The van der Waals surface area contributed by atoms with Gasteiger partial charge in [-0.25, -0.2) is 9.19 Å². The Hall–Kier alpha value is -3.92. The van der Waals surface area contributed by atoms with Crippen LogP contribution in [0.3, 0.4) is 0 Å². The van der Waals surface area contributed by atoms with Gasteiger partial charge < -0.3 is 24.8 Å². The predicted molar refractivity (Wildman–Crippen MR) is 139 cm³/mol. The van der Waals surface area contributed by atoms with E-state index in [1.54, 1.807) is 26.7 Å². The Balaban J connectivity index is 1.61. The summed E-state index contributed by atoms with van der Waals surface area (Å²) in [5.74, 6) is 1.95. The van der Waals surface area contributed by atoms with E-state index in [1.807, 2.05) is 36.4 Å². The number of ether oxygens (including phenoxy) is 2. The Morgan fingerprint density at radius 2 is 1.97 bits per heavy atom. The van der Waals surface area contributed by atoms with Crippen molar-refractivity contribution in [3.63, 3.8) is 0 Å². The molecule has 180 valence electrons. The molecular formula is C25H26N6O3S. The highest BCUT2D eigenvalue weighted by Crippen LogP contribution is 2.44. The minimum atomic E-state index is -1.13. The largest absolute Gasteiger partial charge is 0.493 e. The second-order valence-electron chi connectivity index (χ2n) is 8.18. The molecule has 1 unspecified atom stereocenters. The lowest BCUT2D eigenvalue weighted by molar-refractivity contribution is 0.357. The van der Waals surface area contributed by atoms with E-state index < -0.39 is 11.0 Å². The summed E-state index contributed by atoms with van der Waals surface area (Å²) in [6, 6.07) is 13.5. The minimum Gasteiger partial charge on any atom is -0.493 e. The fraction of sp³-hybridized carbons (Fsp3) is 0.240. The monoisotopic (exact) mass is 490 g/mol. The first-order chi connectivity index (χ1) is 17.0. The van der Waals surface area contributed by atoms with Crippen LogP contribution in [0.25, 0.3) is 22.2 Å². The van der Waals surface area contributed by atoms with Crippen molar-refractivity contribution in [3.8, 4) is 22.8 Å². The Morgan fingerprint density at radius 1 is 1.11 bits per heavy atom. The van der Waals surface area contributed by atoms with Crippen LogP contribution in [0.4, 0.5) is 17.5 Å². The molecule has 1 aliphatic heterocycles. The number of nitrogens with two attached hydrogens (primary N) is 1. The molecule has 35 heavy (non-hydrogen) atoms. The third kappa shape index (κ3) is 4.21. The van der Waals surface area contributed by atoms with Crippen LogP contribution < -0.4 is 24.8 Å². The van der Waals surface area contributed by atoms with Gasteiger partial charge in [-0.1, -0.05) is 18.2 Å². The first-order valence-corrected chi connectivity index (χ1v) is 12.6. The summed E-state index contributed by atoms with van der Waals surface area (Å²) in [4.78, 5) is 16.2. The molecule has 2 aromatic carbocycles. The lowest BCUT2D eigenvalue weighted by Gasteiger charge is -2.30. The summed E-state index contributed by atoms with van der Waals surface area (Å²) in [7, 11) is 2.04. The molecule has 1 aliphatic rings. The van der Waals surface area contributed by atoms with E-state index in [2.05, 4.69) is 25.7 Å². The van der Waals surface area contributed by atoms with E-state index in [9.17, 15) is 4.21 Å². The van der Waals surface area contributed by atoms with Gasteiger partial charge in [0.2, 0.25) is 5.95 Å². The fourth-order valence-electron chi connectivity index (χ4n) is 4.55. The van der Waals surface area contributed by atoms with E-state index >= 15 is 0 Å². The van der Waals surface area contributed by atoms with E-state index in [0.29, 0.717) is 58.5 Å². The molecular weight excluding hydrogens is 464 g/mol. The van der Waals surface area contributed by atoms with Gasteiger partial charge in [-0.3, -0.25) is 4.98 Å². The molecule has 3 heterocycles. The zero-order valence-corrected chi connectivity index (χ0v) is 20.6. The van der Waals surface area contributed by atoms with Crippen molar-refractivity contribution in [3.05, 3.63) is 59.8 Å². The molecule has 9 nitrogen and oxygen atoms in total. The minimum absolute atomic E-state index is 0.342. The van der Waals surface area contributed by atoms with Crippen LogP contribution in [0, 0.1) is 0 Å². The predicted octanol–water partition coefficient (Wildman–Crippen LogP) is 3.56. The number of nitrogens with zero attached hydrogens (tertiary/aromatic N) is 4. The number of fused-ring (bicyclic) bond motifs is 2. The Kier molecular flexibility index (Phi) is 6.12. The lowest BCUT2D eigenvalue weighted by Crippen LogP contribution is -2.32. The Morgan fingerprint density at radius 3 is 2.69 bits per heavy atom. The zero-order valence-electron chi connectivity index (χ0n) is 19.7. The van der Waals surface area contributed by atoms with Crippen LogP contribution in [0.2, 0.25) is 0 Å². The molecule has 0 saturated carbocycles. The highest BCUT2D eigenvalue weighted by Gasteiger charge is 2.25. The summed E-state index contributed by atoms with van der Waals surface area (Å²) >= 11 is 0. The van der Waals surface area contributed by atoms with Crippen molar-refractivity contribution in [1.29, 1.82) is 0 Å². The number of hydrogen-bond acceptors (Lipinski definition) is 8. The SMILES string of the molecule is COc1cc2nc(N3CCc4c(cccc4NS(C)=O)C3)nc(N)c2c(-c2ccccn2)c1OC. The number of nitrogens with one attached hydrogen (secondary N) is 1. The maximum atomic E-state index is 11.7. The third-order valence-electron chi connectivity index (χ3n) is 6.07. The average molecular weight is 491 g/mol. The van der Waals surface area contributed by atoms with E-state index in [1.165, 1.54) is 0 Å². The molecule has 10 heteroatoms. The summed E-state index contributed by atoms with van der Waals surface area (Å²) in [6.07, 6.45) is 4.11. The van der Waals surface area contributed by atoms with Crippen LogP contribution in [0.5, 0.6) is 11.5 Å². The molecule has 0 aliphatic carbocycles. The second-order valence-corrected chi connectivity index (χ2v) is 9.29. The molecule has 0 saturated heterocycles. The topological polar surface area (TPSA) is 115 Å². The number of hydrogen-bond donors (Lipinski definition) is 2. The quantitative estimate of drug-likeness (QED) is 0.422. The summed E-state index contributed by atoms with van der Waals surface area (Å²) in [6.45, 7) is 1.32. The summed E-state index contributed by atoms with van der Waals surface area (Å²) in [5.41, 5.74) is 11.8. The lowest BCUT2D eigenvalue weighted by atomic mass is 9.98. The van der Waals surface area contributed by atoms with Crippen LogP contribution in [-0.2, 0) is 24.0 Å². The van der Waals surface area contributed by atoms with Gasteiger partial charge in [-0.2, -0.15) is 4.98 Å². The molecule has 0 amide bonds. The highest BCUT2D eigenvalue weighted by molar-refractivity contribution is 7.85. The zero-order chi connectivity index (χ0) is 24.5. The smallest absolute Gasteiger partial charge is 0.228 e. The molecule has 2 aromatic heterocycles. The number of pyridine rings is 1. The van der Waals surface area contributed by atoms with Gasteiger partial charge in [-0.15, -0.1) is 0 Å². The highest BCUT2D eigenvalue weighted by atomic mass is 32.2. The molecule has 1 atom stereocenters. The summed E-state index contributed by atoms with van der Waals surface area (Å²) < 4.78 is 26.1. The van der Waals surface area contributed by atoms with Gasteiger partial charge in [0.25, 0.3) is 0 Å². The average Bonchev–Trinajstić information content (AvgIpc) is 2.87. The number of anilines is 3. The molecule has 4 aromatic rings. The van der Waals surface area contributed by atoms with Gasteiger partial charge in [0.15, 0.2) is 11.5 Å². The second kappa shape index (κ2) is 9.38. The van der Waals surface area contributed by atoms with E-state index in [-0.39, 0.29) is 0 Å². The molecule has 0 radical (unpaired) electrons. The molecule has 0 spiro atoms. The van der Waals surface area contributed by atoms with Crippen molar-refractivity contribution in [2.45, 2.75) is 13.0 Å². The maximum absolute atomic E-state index is 11.7. The van der Waals surface area contributed by atoms with Crippen LogP contribution in [-0.4, -0.2) is 46.2 Å². The van der Waals surface area contributed by atoms with Crippen molar-refractivity contribution in [2.75, 3.05) is 42.4 Å². The van der Waals surface area contributed by atoms with Crippen LogP contribution in [0.15, 0.2) is 48.7 Å². The Labute approximate surface area is 205 Å². The van der Waals surface area contributed by atoms with Gasteiger partial charge in [0.1, 0.15) is 16.8 Å². The molecule has 0 fully saturated rings. The van der Waals surface area contributed by atoms with Crippen molar-refractivity contribution in [1.82, 2.24) is 15.0 Å². The van der Waals surface area contributed by atoms with E-state index in [4.69, 9.17) is 20.2 Å². The van der Waals surface area contributed by atoms with Gasteiger partial charge in [0, 0.05) is 37.3 Å². The van der Waals surface area contributed by atoms with Crippen molar-refractivity contribution >= 4 is 39.3 Å². The number of methoxy groups -OCH3 is 2. The van der Waals surface area contributed by atoms with Crippen LogP contribution in [0.1, 0.15) is 11.1 Å². The van der Waals surface area contributed by atoms with Gasteiger partial charge in [0.05, 0.1) is 36.4 Å². The number of aromatic nitrogens is 3. The fourth-order valence-corrected chi connectivity index (χ4v) is 5.05. The Bertz CT molecular complexity index is 1430. The maximum Gasteiger partial charge on any atom is 0.228 e. The molecule has 3 N–H and O–H groups in total. The van der Waals surface area contributed by atoms with Crippen LogP contribution >= 0.6 is 0 Å². The first-order valence-electron chi connectivity index (χ1n) is 11.1. The standard InChI is InChI=1S/C25H26N6O3S/c1-33-20-13-19-22(21(23(20)34-2)18-8-4-5-11-27-18)24(26)29-25(28-19)31-12-10-16-15(14-31)7-6-9-17(16)30-35(3)32/h4-9,11,13,30H,10,12,14H2,1-3H3,(H2,26,28,29). The third-order valence-corrected chi connectivity index (χ3v) is 6.58. The van der Waals surface area contributed by atoms with Crippen molar-refractivity contribution < 1.29 is 13.7 Å². The molecule has 0 bridgehead atoms. The van der Waals surface area contributed by atoms with Crippen molar-refractivity contribution in [2.24, 2.45) is 0 Å². The number of rotatable bonds is 6. The van der Waals surface area contributed by atoms with Gasteiger partial charge in [-0.05, 0) is 35.7 Å². The normalized spacial score (nSPS) is 13.9. The van der Waals surface area contributed by atoms with E-state index in [0.717, 1.165) is 23.2 Å². The first kappa shape index (κ1) is 22.9.